The molecule has 0 bridgehead atoms. The van der Waals surface area contributed by atoms with E-state index in [-0.39, 0.29) is 28.6 Å². The molecule has 0 aliphatic carbocycles. The average Bonchev–Trinajstić information content (AvgIpc) is 2.53. The number of ketones is 1. The molecule has 5 heteroatoms. The van der Waals surface area contributed by atoms with Gasteiger partial charge in [0.05, 0.1) is 10.2 Å². The zero-order valence-corrected chi connectivity index (χ0v) is 13.7. The molecule has 0 saturated carbocycles. The minimum atomic E-state index is -0.830. The highest BCUT2D eigenvalue weighted by Crippen LogP contribution is 2.22. The summed E-state index contributed by atoms with van der Waals surface area (Å²) < 4.78 is 12.9. The summed E-state index contributed by atoms with van der Waals surface area (Å²) in [6.07, 6.45) is 5.37. The van der Waals surface area contributed by atoms with Crippen LogP contribution in [0.5, 0.6) is 0 Å². The predicted molar refractivity (Wildman–Crippen MR) is 79.9 cm³/mol. The molecule has 2 nitrogen and oxygen atoms in total. The van der Waals surface area contributed by atoms with Crippen LogP contribution in [-0.2, 0) is 0 Å². The van der Waals surface area contributed by atoms with E-state index in [1.54, 1.807) is 12.3 Å². The molecular formula is C17H11BrClFNO. The Bertz CT molecular complexity index is 846. The summed E-state index contributed by atoms with van der Waals surface area (Å²) in [5.41, 5.74) is 1.09. The molecule has 22 heavy (non-hydrogen) atoms. The van der Waals surface area contributed by atoms with Gasteiger partial charge in [0.25, 0.3) is 5.36 Å². The molecule has 1 unspecified atom stereocenters. The van der Waals surface area contributed by atoms with E-state index >= 15 is 0 Å². The van der Waals surface area contributed by atoms with Gasteiger partial charge in [-0.25, -0.2) is 4.39 Å². The van der Waals surface area contributed by atoms with E-state index in [0.717, 1.165) is 10.6 Å². The standard InChI is InChI=1S/C17H11ClFNO.BrH/c18-16(17(21)11-6-8-12(19)9-7-11)14-3-1-5-15-13(14)4-2-10-20-15;/h1-10,16H;1H/q+1;/p-1. The van der Waals surface area contributed by atoms with Gasteiger partial charge in [0.2, 0.25) is 6.20 Å². The van der Waals surface area contributed by atoms with Crippen molar-refractivity contribution in [3.63, 3.8) is 0 Å². The van der Waals surface area contributed by atoms with Gasteiger partial charge in [-0.15, -0.1) is 11.6 Å². The van der Waals surface area contributed by atoms with Crippen LogP contribution in [0.2, 0.25) is 0 Å². The van der Waals surface area contributed by atoms with Crippen molar-refractivity contribution in [2.45, 2.75) is 5.38 Å². The normalized spacial score (nSPS) is 13.2. The summed E-state index contributed by atoms with van der Waals surface area (Å²) >= 11 is 6.34. The predicted octanol–water partition coefficient (Wildman–Crippen LogP) is -0.744. The Morgan fingerprint density at radius 1 is 1.14 bits per heavy atom. The minimum absolute atomic E-state index is 0. The van der Waals surface area contributed by atoms with Gasteiger partial charge in [-0.3, -0.25) is 4.79 Å². The van der Waals surface area contributed by atoms with Crippen molar-refractivity contribution in [3.8, 4) is 0 Å². The zero-order chi connectivity index (χ0) is 14.8. The molecule has 1 atom stereocenters. The fraction of sp³-hybridized carbons (Fsp3) is 0.0588. The third-order valence-electron chi connectivity index (χ3n) is 3.31. The van der Waals surface area contributed by atoms with E-state index in [1.807, 2.05) is 24.3 Å². The van der Waals surface area contributed by atoms with Crippen molar-refractivity contribution in [1.29, 1.82) is 0 Å². The highest BCUT2D eigenvalue weighted by molar-refractivity contribution is 6.33. The van der Waals surface area contributed by atoms with Crippen molar-refractivity contribution in [3.05, 3.63) is 82.3 Å². The van der Waals surface area contributed by atoms with Gasteiger partial charge in [-0.05, 0) is 35.9 Å². The monoisotopic (exact) mass is 378 g/mol. The Labute approximate surface area is 142 Å². The highest BCUT2D eigenvalue weighted by atomic mass is 79.9. The second kappa shape index (κ2) is 6.99. The lowest BCUT2D eigenvalue weighted by Crippen LogP contribution is -3.00. The summed E-state index contributed by atoms with van der Waals surface area (Å²) in [5, 5.41) is 0.798. The molecule has 0 saturated heterocycles. The summed E-state index contributed by atoms with van der Waals surface area (Å²) in [6, 6.07) is 10.9. The molecule has 2 aromatic carbocycles. The number of carbonyl (C=O) groups is 1. The molecule has 0 fully saturated rings. The van der Waals surface area contributed by atoms with Crippen LogP contribution in [0.3, 0.4) is 0 Å². The summed E-state index contributed by atoms with van der Waals surface area (Å²) in [7, 11) is 0. The first-order chi connectivity index (χ1) is 10.2. The van der Waals surface area contributed by atoms with Gasteiger partial charge in [0.15, 0.2) is 5.78 Å². The van der Waals surface area contributed by atoms with E-state index in [1.165, 1.54) is 24.3 Å². The molecule has 111 valence electrons. The van der Waals surface area contributed by atoms with Crippen LogP contribution in [-0.4, -0.2) is 5.78 Å². The van der Waals surface area contributed by atoms with Gasteiger partial charge >= 0.3 is 0 Å². The quantitative estimate of drug-likeness (QED) is 0.510. The maximum atomic E-state index is 12.9. The number of fused-ring (bicyclic) bond motifs is 1. The zero-order valence-electron chi connectivity index (χ0n) is 11.3. The molecule has 3 rings (SSSR count). The number of rotatable bonds is 3. The van der Waals surface area contributed by atoms with E-state index in [4.69, 9.17) is 11.6 Å². The summed E-state index contributed by atoms with van der Waals surface area (Å²) in [5.74, 6) is -0.639. The van der Waals surface area contributed by atoms with Gasteiger partial charge in [0.1, 0.15) is 11.2 Å². The first-order valence-corrected chi connectivity index (χ1v) is 6.88. The fourth-order valence-corrected chi connectivity index (χ4v) is 2.57. The number of halogens is 3. The Morgan fingerprint density at radius 2 is 1.86 bits per heavy atom. The average molecular weight is 380 g/mol. The maximum Gasteiger partial charge on any atom is 0.284 e. The van der Waals surface area contributed by atoms with Crippen LogP contribution in [0.1, 0.15) is 21.3 Å². The maximum absolute atomic E-state index is 12.9. The van der Waals surface area contributed by atoms with Crippen LogP contribution in [0, 0.1) is 5.82 Å². The lowest BCUT2D eigenvalue weighted by Gasteiger charge is -2.09. The highest BCUT2D eigenvalue weighted by Gasteiger charge is 2.22. The summed E-state index contributed by atoms with van der Waals surface area (Å²) in [4.78, 5) is 16.7. The number of nitrogens with zero attached hydrogens (tertiary/aromatic N) is 1. The van der Waals surface area contributed by atoms with Crippen molar-refractivity contribution < 1.29 is 26.2 Å². The van der Waals surface area contributed by atoms with Gasteiger partial charge in [0, 0.05) is 17.7 Å². The second-order valence-electron chi connectivity index (χ2n) is 4.65. The van der Waals surface area contributed by atoms with Crippen LogP contribution >= 0.6 is 11.6 Å². The van der Waals surface area contributed by atoms with E-state index in [9.17, 15) is 9.18 Å². The topological polar surface area (TPSA) is 31.2 Å². The van der Waals surface area contributed by atoms with Crippen molar-refractivity contribution in [1.82, 2.24) is 4.99 Å². The molecule has 2 aromatic rings. The molecule has 0 amide bonds. The van der Waals surface area contributed by atoms with Crippen LogP contribution in [0.25, 0.3) is 6.08 Å². The van der Waals surface area contributed by atoms with Gasteiger partial charge in [-0.1, -0.05) is 12.1 Å². The van der Waals surface area contributed by atoms with E-state index in [0.29, 0.717) is 11.1 Å². The number of Topliss-reactive ketones (excluding diaryl/α,β-unsaturated/α-hetero) is 1. The largest absolute Gasteiger partial charge is 1.00 e. The van der Waals surface area contributed by atoms with Crippen molar-refractivity contribution in [2.75, 3.05) is 0 Å². The number of carbonyl (C=O) groups excluding carboxylic acids is 1. The number of alkyl halides is 1. The lowest BCUT2D eigenvalue weighted by molar-refractivity contribution is -0.0000126. The third kappa shape index (κ3) is 3.18. The fourth-order valence-electron chi connectivity index (χ4n) is 2.25. The SMILES string of the molecule is O=C(c1ccc(F)cc1)C(Cl)c1cccc2c1=CC=C[N+]=2.[Br-]. The molecule has 1 aliphatic heterocycles. The summed E-state index contributed by atoms with van der Waals surface area (Å²) in [6.45, 7) is 0. The molecule has 0 spiro atoms. The molecule has 0 aromatic heterocycles. The minimum Gasteiger partial charge on any atom is -1.00 e. The number of benzene rings is 2. The van der Waals surface area contributed by atoms with Crippen LogP contribution in [0.4, 0.5) is 4.39 Å². The number of hydrogen-bond donors (Lipinski definition) is 0. The Morgan fingerprint density at radius 3 is 2.59 bits per heavy atom. The smallest absolute Gasteiger partial charge is 0.284 e. The Hall–Kier alpha value is -1.78. The first-order valence-electron chi connectivity index (χ1n) is 6.44. The van der Waals surface area contributed by atoms with Crippen molar-refractivity contribution in [2.24, 2.45) is 0 Å². The first kappa shape index (κ1) is 16.6. The molecule has 1 aliphatic rings. The van der Waals surface area contributed by atoms with E-state index in [2.05, 4.69) is 4.99 Å². The number of hydrogen-bond acceptors (Lipinski definition) is 2. The molecular weight excluding hydrogens is 369 g/mol. The van der Waals surface area contributed by atoms with Crippen LogP contribution in [0.15, 0.2) is 54.7 Å². The Balaban J connectivity index is 0.00000176. The van der Waals surface area contributed by atoms with Gasteiger partial charge in [-0.2, -0.15) is 0 Å². The number of allylic oxidation sites excluding steroid dienone is 1. The lowest BCUT2D eigenvalue weighted by atomic mass is 10.00. The van der Waals surface area contributed by atoms with Crippen LogP contribution < -0.4 is 32.5 Å². The van der Waals surface area contributed by atoms with Crippen molar-refractivity contribution >= 4 is 23.5 Å². The van der Waals surface area contributed by atoms with Gasteiger partial charge < -0.3 is 17.0 Å². The molecule has 0 N–H and O–H groups in total. The molecule has 1 heterocycles. The van der Waals surface area contributed by atoms with E-state index < -0.39 is 5.38 Å². The second-order valence-corrected chi connectivity index (χ2v) is 5.09. The molecule has 1 radical (unpaired) electrons. The third-order valence-corrected chi connectivity index (χ3v) is 3.74. The Kier molecular flexibility index (Phi) is 5.27.